The minimum atomic E-state index is -0.00208. The molecule has 2 heteroatoms. The zero-order valence-electron chi connectivity index (χ0n) is 10.9. The predicted molar refractivity (Wildman–Crippen MR) is 77.4 cm³/mol. The van der Waals surface area contributed by atoms with Gasteiger partial charge in [0.15, 0.2) is 5.43 Å². The van der Waals surface area contributed by atoms with Crippen molar-refractivity contribution in [2.75, 3.05) is 0 Å². The topological polar surface area (TPSA) is 30.2 Å². The Hall–Kier alpha value is -2.35. The van der Waals surface area contributed by atoms with Crippen LogP contribution in [0.5, 0.6) is 0 Å². The Balaban J connectivity index is 2.31. The second-order valence-electron chi connectivity index (χ2n) is 4.79. The van der Waals surface area contributed by atoms with Crippen LogP contribution in [0.25, 0.3) is 22.3 Å². The van der Waals surface area contributed by atoms with Gasteiger partial charge < -0.3 is 4.42 Å². The van der Waals surface area contributed by atoms with Gasteiger partial charge in [0.25, 0.3) is 0 Å². The number of hydrogen-bond acceptors (Lipinski definition) is 2. The maximum absolute atomic E-state index is 12.1. The fraction of sp³-hybridized carbons (Fsp3) is 0.118. The molecule has 19 heavy (non-hydrogen) atoms. The van der Waals surface area contributed by atoms with Gasteiger partial charge in [-0.3, -0.25) is 4.79 Å². The van der Waals surface area contributed by atoms with Crippen molar-refractivity contribution in [3.8, 4) is 11.3 Å². The normalized spacial score (nSPS) is 10.8. The minimum absolute atomic E-state index is 0.00208. The van der Waals surface area contributed by atoms with E-state index in [9.17, 15) is 4.79 Å². The second kappa shape index (κ2) is 4.39. The third-order valence-corrected chi connectivity index (χ3v) is 3.29. The van der Waals surface area contributed by atoms with Crippen molar-refractivity contribution < 1.29 is 4.42 Å². The van der Waals surface area contributed by atoms with E-state index in [-0.39, 0.29) is 5.43 Å². The lowest BCUT2D eigenvalue weighted by atomic mass is 10.0. The Morgan fingerprint density at radius 3 is 2.58 bits per heavy atom. The monoisotopic (exact) mass is 250 g/mol. The molecule has 0 spiro atoms. The van der Waals surface area contributed by atoms with Gasteiger partial charge in [-0.15, -0.1) is 0 Å². The standard InChI is InChI=1S/C17H14O2/c1-11-7-8-12(2)14(9-11)17-10-15(18)13-5-3-4-6-16(13)19-17/h3-10H,1-2H3. The average molecular weight is 250 g/mol. The molecule has 3 aromatic rings. The minimum Gasteiger partial charge on any atom is -0.456 e. The van der Waals surface area contributed by atoms with Gasteiger partial charge in [0.2, 0.25) is 0 Å². The molecule has 0 fully saturated rings. The summed E-state index contributed by atoms with van der Waals surface area (Å²) in [5, 5.41) is 0.622. The molecule has 3 rings (SSSR count). The van der Waals surface area contributed by atoms with E-state index in [4.69, 9.17) is 4.42 Å². The van der Waals surface area contributed by atoms with Gasteiger partial charge in [-0.25, -0.2) is 0 Å². The zero-order chi connectivity index (χ0) is 13.4. The summed E-state index contributed by atoms with van der Waals surface area (Å²) in [7, 11) is 0. The molecule has 1 heterocycles. The first-order chi connectivity index (χ1) is 9.15. The van der Waals surface area contributed by atoms with Gasteiger partial charge in [-0.1, -0.05) is 29.8 Å². The van der Waals surface area contributed by atoms with Crippen LogP contribution in [0.1, 0.15) is 11.1 Å². The van der Waals surface area contributed by atoms with Gasteiger partial charge in [-0.2, -0.15) is 0 Å². The molecule has 0 bridgehead atoms. The van der Waals surface area contributed by atoms with Crippen LogP contribution < -0.4 is 5.43 Å². The predicted octanol–water partition coefficient (Wildman–Crippen LogP) is 4.08. The number of hydrogen-bond donors (Lipinski definition) is 0. The molecule has 0 N–H and O–H groups in total. The summed E-state index contributed by atoms with van der Waals surface area (Å²) >= 11 is 0. The SMILES string of the molecule is Cc1ccc(C)c(-c2cc(=O)c3ccccc3o2)c1. The van der Waals surface area contributed by atoms with Crippen LogP contribution in [0.15, 0.2) is 57.7 Å². The third kappa shape index (κ3) is 2.06. The van der Waals surface area contributed by atoms with E-state index in [1.165, 1.54) is 0 Å². The second-order valence-corrected chi connectivity index (χ2v) is 4.79. The molecule has 2 nitrogen and oxygen atoms in total. The summed E-state index contributed by atoms with van der Waals surface area (Å²) in [5.41, 5.74) is 3.85. The maximum atomic E-state index is 12.1. The fourth-order valence-electron chi connectivity index (χ4n) is 2.24. The van der Waals surface area contributed by atoms with Gasteiger partial charge in [0, 0.05) is 11.6 Å². The highest BCUT2D eigenvalue weighted by atomic mass is 16.3. The molecule has 94 valence electrons. The van der Waals surface area contributed by atoms with E-state index in [1.807, 2.05) is 44.2 Å². The molecule has 0 aliphatic carbocycles. The highest BCUT2D eigenvalue weighted by Crippen LogP contribution is 2.25. The van der Waals surface area contributed by atoms with Crippen molar-refractivity contribution >= 4 is 11.0 Å². The molecule has 2 aromatic carbocycles. The number of benzene rings is 2. The fourth-order valence-corrected chi connectivity index (χ4v) is 2.24. The van der Waals surface area contributed by atoms with E-state index in [2.05, 4.69) is 6.07 Å². The van der Waals surface area contributed by atoms with E-state index in [0.717, 1.165) is 16.7 Å². The lowest BCUT2D eigenvalue weighted by Gasteiger charge is -2.07. The molecule has 0 saturated heterocycles. The van der Waals surface area contributed by atoms with E-state index < -0.39 is 0 Å². The number of rotatable bonds is 1. The van der Waals surface area contributed by atoms with Crippen LogP contribution in [0, 0.1) is 13.8 Å². The number of aryl methyl sites for hydroxylation is 2. The van der Waals surface area contributed by atoms with Crippen LogP contribution >= 0.6 is 0 Å². The van der Waals surface area contributed by atoms with E-state index in [0.29, 0.717) is 16.7 Å². The lowest BCUT2D eigenvalue weighted by Crippen LogP contribution is -2.00. The van der Waals surface area contributed by atoms with Gasteiger partial charge in [0.05, 0.1) is 5.39 Å². The molecular weight excluding hydrogens is 236 g/mol. The van der Waals surface area contributed by atoms with Crippen LogP contribution in [0.3, 0.4) is 0 Å². The van der Waals surface area contributed by atoms with Gasteiger partial charge in [0.1, 0.15) is 11.3 Å². The Morgan fingerprint density at radius 1 is 0.947 bits per heavy atom. The van der Waals surface area contributed by atoms with Gasteiger partial charge in [-0.05, 0) is 37.6 Å². The highest BCUT2D eigenvalue weighted by molar-refractivity contribution is 5.79. The van der Waals surface area contributed by atoms with E-state index in [1.54, 1.807) is 12.1 Å². The Kier molecular flexibility index (Phi) is 2.71. The molecule has 0 unspecified atom stereocenters. The summed E-state index contributed by atoms with van der Waals surface area (Å²) in [6, 6.07) is 15.0. The van der Waals surface area contributed by atoms with Gasteiger partial charge >= 0.3 is 0 Å². The van der Waals surface area contributed by atoms with Crippen molar-refractivity contribution in [1.29, 1.82) is 0 Å². The molecule has 1 aromatic heterocycles. The summed E-state index contributed by atoms with van der Waals surface area (Å²) in [5.74, 6) is 0.630. The van der Waals surface area contributed by atoms with Crippen molar-refractivity contribution in [3.63, 3.8) is 0 Å². The molecule has 0 radical (unpaired) electrons. The van der Waals surface area contributed by atoms with Crippen molar-refractivity contribution in [2.24, 2.45) is 0 Å². The Bertz CT molecular complexity index is 813. The van der Waals surface area contributed by atoms with E-state index >= 15 is 0 Å². The smallest absolute Gasteiger partial charge is 0.193 e. The summed E-state index contributed by atoms with van der Waals surface area (Å²) in [4.78, 5) is 12.1. The summed E-state index contributed by atoms with van der Waals surface area (Å²) in [6.45, 7) is 4.05. The quantitative estimate of drug-likeness (QED) is 0.651. The van der Waals surface area contributed by atoms with Crippen LogP contribution in [0.4, 0.5) is 0 Å². The molecule has 0 aliphatic heterocycles. The van der Waals surface area contributed by atoms with Crippen molar-refractivity contribution in [1.82, 2.24) is 0 Å². The average Bonchev–Trinajstić information content (AvgIpc) is 2.41. The highest BCUT2D eigenvalue weighted by Gasteiger charge is 2.08. The lowest BCUT2D eigenvalue weighted by molar-refractivity contribution is 0.618. The first kappa shape index (κ1) is 11.7. The molecule has 0 aliphatic rings. The molecule has 0 amide bonds. The summed E-state index contributed by atoms with van der Waals surface area (Å²) in [6.07, 6.45) is 0. The summed E-state index contributed by atoms with van der Waals surface area (Å²) < 4.78 is 5.86. The Labute approximate surface area is 111 Å². The maximum Gasteiger partial charge on any atom is 0.193 e. The first-order valence-electron chi connectivity index (χ1n) is 6.26. The van der Waals surface area contributed by atoms with Crippen LogP contribution in [-0.2, 0) is 0 Å². The largest absolute Gasteiger partial charge is 0.456 e. The molecule has 0 atom stereocenters. The van der Waals surface area contributed by atoms with Crippen LogP contribution in [-0.4, -0.2) is 0 Å². The number of fused-ring (bicyclic) bond motifs is 1. The third-order valence-electron chi connectivity index (χ3n) is 3.29. The number of para-hydroxylation sites is 1. The first-order valence-corrected chi connectivity index (χ1v) is 6.26. The Morgan fingerprint density at radius 2 is 1.74 bits per heavy atom. The zero-order valence-corrected chi connectivity index (χ0v) is 10.9. The van der Waals surface area contributed by atoms with Crippen LogP contribution in [0.2, 0.25) is 0 Å². The molecular formula is C17H14O2. The molecule has 0 saturated carbocycles. The van der Waals surface area contributed by atoms with Crippen molar-refractivity contribution in [3.05, 3.63) is 69.9 Å². The van der Waals surface area contributed by atoms with Crippen molar-refractivity contribution in [2.45, 2.75) is 13.8 Å².